The van der Waals surface area contributed by atoms with Gasteiger partial charge < -0.3 is 10.1 Å². The van der Waals surface area contributed by atoms with Crippen molar-refractivity contribution >= 4 is 5.91 Å². The number of carbonyl (C=O) groups is 1. The molecule has 1 amide bonds. The number of rotatable bonds is 8. The fourth-order valence-corrected chi connectivity index (χ4v) is 2.48. The first-order valence-corrected chi connectivity index (χ1v) is 8.25. The lowest BCUT2D eigenvalue weighted by Gasteiger charge is -2.24. The van der Waals surface area contributed by atoms with Gasteiger partial charge in [0.05, 0.1) is 13.2 Å². The molecule has 0 saturated carbocycles. The predicted octanol–water partition coefficient (Wildman–Crippen LogP) is 2.87. The fourth-order valence-electron chi connectivity index (χ4n) is 2.48. The number of amides is 1. The molecule has 0 spiro atoms. The van der Waals surface area contributed by atoms with E-state index in [1.165, 1.54) is 11.1 Å². The average Bonchev–Trinajstić information content (AvgIpc) is 2.62. The maximum Gasteiger partial charge on any atom is 0.237 e. The van der Waals surface area contributed by atoms with Crippen molar-refractivity contribution in [3.05, 3.63) is 65.7 Å². The van der Waals surface area contributed by atoms with Crippen LogP contribution in [0.3, 0.4) is 0 Å². The Morgan fingerprint density at radius 3 is 2.38 bits per heavy atom. The van der Waals surface area contributed by atoms with Crippen LogP contribution in [-0.4, -0.2) is 37.6 Å². The van der Waals surface area contributed by atoms with Crippen molar-refractivity contribution in [2.24, 2.45) is 0 Å². The summed E-state index contributed by atoms with van der Waals surface area (Å²) in [6.45, 7) is 3.33. The van der Waals surface area contributed by atoms with E-state index in [4.69, 9.17) is 4.74 Å². The average molecular weight is 326 g/mol. The van der Waals surface area contributed by atoms with Gasteiger partial charge in [0.1, 0.15) is 5.75 Å². The summed E-state index contributed by atoms with van der Waals surface area (Å²) in [5.74, 6) is 0.904. The molecule has 0 radical (unpaired) electrons. The van der Waals surface area contributed by atoms with E-state index in [-0.39, 0.29) is 11.9 Å². The maximum atomic E-state index is 12.3. The number of likely N-dealkylation sites (N-methyl/N-ethyl adjacent to an activating group) is 1. The Hall–Kier alpha value is -2.33. The van der Waals surface area contributed by atoms with Crippen molar-refractivity contribution in [3.63, 3.8) is 0 Å². The standard InChI is InChI=1S/C20H26N2O2/c1-16(22(2)15-18-7-5-4-6-8-18)20(23)21-14-13-17-9-11-19(24-3)12-10-17/h4-12,16H,13-15H2,1-3H3,(H,21,23). The summed E-state index contributed by atoms with van der Waals surface area (Å²) in [6, 6.07) is 17.9. The third kappa shape index (κ3) is 5.39. The van der Waals surface area contributed by atoms with Gasteiger partial charge in [0, 0.05) is 13.1 Å². The van der Waals surface area contributed by atoms with Gasteiger partial charge in [0.15, 0.2) is 0 Å². The van der Waals surface area contributed by atoms with E-state index in [0.29, 0.717) is 6.54 Å². The Morgan fingerprint density at radius 2 is 1.75 bits per heavy atom. The zero-order chi connectivity index (χ0) is 17.4. The molecule has 0 aromatic heterocycles. The van der Waals surface area contributed by atoms with Crippen molar-refractivity contribution in [3.8, 4) is 5.75 Å². The van der Waals surface area contributed by atoms with Gasteiger partial charge in [-0.25, -0.2) is 0 Å². The van der Waals surface area contributed by atoms with Crippen LogP contribution >= 0.6 is 0 Å². The smallest absolute Gasteiger partial charge is 0.237 e. The lowest BCUT2D eigenvalue weighted by atomic mass is 10.1. The summed E-state index contributed by atoms with van der Waals surface area (Å²) >= 11 is 0. The third-order valence-electron chi connectivity index (χ3n) is 4.19. The van der Waals surface area contributed by atoms with Crippen LogP contribution in [0.25, 0.3) is 0 Å². The number of ether oxygens (including phenoxy) is 1. The number of hydrogen-bond donors (Lipinski definition) is 1. The van der Waals surface area contributed by atoms with Crippen molar-refractivity contribution in [2.45, 2.75) is 25.9 Å². The second-order valence-electron chi connectivity index (χ2n) is 5.97. The van der Waals surface area contributed by atoms with Crippen molar-refractivity contribution in [1.29, 1.82) is 0 Å². The topological polar surface area (TPSA) is 41.6 Å². The second-order valence-corrected chi connectivity index (χ2v) is 5.97. The quantitative estimate of drug-likeness (QED) is 0.811. The van der Waals surface area contributed by atoms with Crippen LogP contribution in [-0.2, 0) is 17.8 Å². The van der Waals surface area contributed by atoms with Crippen LogP contribution in [0.15, 0.2) is 54.6 Å². The minimum absolute atomic E-state index is 0.0574. The number of nitrogens with zero attached hydrogens (tertiary/aromatic N) is 1. The summed E-state index contributed by atoms with van der Waals surface area (Å²) in [5, 5.41) is 3.01. The van der Waals surface area contributed by atoms with E-state index in [9.17, 15) is 4.79 Å². The summed E-state index contributed by atoms with van der Waals surface area (Å²) in [5.41, 5.74) is 2.39. The van der Waals surface area contributed by atoms with Gasteiger partial charge in [0.25, 0.3) is 0 Å². The summed E-state index contributed by atoms with van der Waals surface area (Å²) in [6.07, 6.45) is 0.810. The number of carbonyl (C=O) groups excluding carboxylic acids is 1. The number of benzene rings is 2. The molecule has 0 aliphatic rings. The van der Waals surface area contributed by atoms with Crippen LogP contribution in [0.2, 0.25) is 0 Å². The number of nitrogens with one attached hydrogen (secondary N) is 1. The highest BCUT2D eigenvalue weighted by molar-refractivity contribution is 5.81. The number of methoxy groups -OCH3 is 1. The molecule has 2 aromatic carbocycles. The van der Waals surface area contributed by atoms with Gasteiger partial charge in [-0.1, -0.05) is 42.5 Å². The van der Waals surface area contributed by atoms with E-state index < -0.39 is 0 Å². The van der Waals surface area contributed by atoms with Gasteiger partial charge in [-0.15, -0.1) is 0 Å². The molecule has 4 nitrogen and oxygen atoms in total. The molecule has 1 N–H and O–H groups in total. The highest BCUT2D eigenvalue weighted by Crippen LogP contribution is 2.11. The molecule has 4 heteroatoms. The molecule has 128 valence electrons. The minimum Gasteiger partial charge on any atom is -0.497 e. The van der Waals surface area contributed by atoms with Crippen LogP contribution in [0.5, 0.6) is 5.75 Å². The molecule has 0 aliphatic heterocycles. The zero-order valence-electron chi connectivity index (χ0n) is 14.7. The molecule has 0 saturated heterocycles. The van der Waals surface area contributed by atoms with E-state index in [1.54, 1.807) is 7.11 Å². The largest absolute Gasteiger partial charge is 0.497 e. The molecular weight excluding hydrogens is 300 g/mol. The van der Waals surface area contributed by atoms with E-state index in [1.807, 2.05) is 56.4 Å². The first kappa shape index (κ1) is 18.0. The summed E-state index contributed by atoms with van der Waals surface area (Å²) in [7, 11) is 3.63. The lowest BCUT2D eigenvalue weighted by molar-refractivity contribution is -0.125. The first-order chi connectivity index (χ1) is 11.6. The Kier molecular flexibility index (Phi) is 6.82. The monoisotopic (exact) mass is 326 g/mol. The Morgan fingerprint density at radius 1 is 1.08 bits per heavy atom. The molecule has 0 aliphatic carbocycles. The molecule has 24 heavy (non-hydrogen) atoms. The Bertz CT molecular complexity index is 626. The van der Waals surface area contributed by atoms with Gasteiger partial charge in [-0.3, -0.25) is 9.69 Å². The van der Waals surface area contributed by atoms with Gasteiger partial charge in [-0.2, -0.15) is 0 Å². The Labute approximate surface area is 144 Å². The van der Waals surface area contributed by atoms with Gasteiger partial charge in [-0.05, 0) is 43.7 Å². The highest BCUT2D eigenvalue weighted by Gasteiger charge is 2.17. The SMILES string of the molecule is COc1ccc(CCNC(=O)C(C)N(C)Cc2ccccc2)cc1. The molecule has 2 rings (SSSR count). The predicted molar refractivity (Wildman–Crippen MR) is 97.1 cm³/mol. The first-order valence-electron chi connectivity index (χ1n) is 8.25. The second kappa shape index (κ2) is 9.08. The third-order valence-corrected chi connectivity index (χ3v) is 4.19. The maximum absolute atomic E-state index is 12.3. The van der Waals surface area contributed by atoms with Gasteiger partial charge >= 0.3 is 0 Å². The fraction of sp³-hybridized carbons (Fsp3) is 0.350. The minimum atomic E-state index is -0.166. The van der Waals surface area contributed by atoms with Crippen molar-refractivity contribution < 1.29 is 9.53 Å². The van der Waals surface area contributed by atoms with E-state index in [0.717, 1.165) is 18.7 Å². The molecule has 1 unspecified atom stereocenters. The highest BCUT2D eigenvalue weighted by atomic mass is 16.5. The van der Waals surface area contributed by atoms with Crippen molar-refractivity contribution in [1.82, 2.24) is 10.2 Å². The molecule has 0 bridgehead atoms. The Balaban J connectivity index is 1.76. The molecule has 1 atom stereocenters. The van der Waals surface area contributed by atoms with E-state index in [2.05, 4.69) is 22.3 Å². The summed E-state index contributed by atoms with van der Waals surface area (Å²) < 4.78 is 5.14. The zero-order valence-corrected chi connectivity index (χ0v) is 14.7. The van der Waals surface area contributed by atoms with Crippen LogP contribution in [0.4, 0.5) is 0 Å². The number of hydrogen-bond acceptors (Lipinski definition) is 3. The van der Waals surface area contributed by atoms with E-state index >= 15 is 0 Å². The normalized spacial score (nSPS) is 12.0. The van der Waals surface area contributed by atoms with Crippen LogP contribution in [0, 0.1) is 0 Å². The molecule has 2 aromatic rings. The lowest BCUT2D eigenvalue weighted by Crippen LogP contribution is -2.43. The molecule has 0 fully saturated rings. The van der Waals surface area contributed by atoms with Crippen molar-refractivity contribution in [2.75, 3.05) is 20.7 Å². The molecule has 0 heterocycles. The van der Waals surface area contributed by atoms with Crippen LogP contribution in [0.1, 0.15) is 18.1 Å². The van der Waals surface area contributed by atoms with Gasteiger partial charge in [0.2, 0.25) is 5.91 Å². The summed E-state index contributed by atoms with van der Waals surface area (Å²) in [4.78, 5) is 14.3. The van der Waals surface area contributed by atoms with Crippen LogP contribution < -0.4 is 10.1 Å². The molecular formula is C20H26N2O2.